The highest BCUT2D eigenvalue weighted by Crippen LogP contribution is 2.33. The van der Waals surface area contributed by atoms with Gasteiger partial charge in [-0.1, -0.05) is 41.5 Å². The van der Waals surface area contributed by atoms with Gasteiger partial charge in [0.2, 0.25) is 0 Å². The van der Waals surface area contributed by atoms with Crippen molar-refractivity contribution in [3.63, 3.8) is 0 Å². The third-order valence-corrected chi connectivity index (χ3v) is 3.38. The molecule has 1 aliphatic carbocycles. The molecule has 0 bridgehead atoms. The Labute approximate surface area is 90.8 Å². The van der Waals surface area contributed by atoms with Crippen molar-refractivity contribution in [2.24, 2.45) is 5.92 Å². The van der Waals surface area contributed by atoms with Gasteiger partial charge in [0.05, 0.1) is 0 Å². The SMILES string of the molecule is CC1=C(C)C(C(=O)c2ccccc2)CC1. The lowest BCUT2D eigenvalue weighted by molar-refractivity contribution is 0.0939. The van der Waals surface area contributed by atoms with Crippen LogP contribution in [0.15, 0.2) is 41.5 Å². The van der Waals surface area contributed by atoms with Gasteiger partial charge in [-0.05, 0) is 26.7 Å². The van der Waals surface area contributed by atoms with E-state index >= 15 is 0 Å². The molecule has 1 nitrogen and oxygen atoms in total. The average Bonchev–Trinajstić information content (AvgIpc) is 2.60. The van der Waals surface area contributed by atoms with Crippen LogP contribution in [0.1, 0.15) is 37.0 Å². The van der Waals surface area contributed by atoms with Crippen molar-refractivity contribution in [2.75, 3.05) is 0 Å². The molecule has 0 heterocycles. The van der Waals surface area contributed by atoms with E-state index in [0.29, 0.717) is 0 Å². The van der Waals surface area contributed by atoms with Gasteiger partial charge in [-0.25, -0.2) is 0 Å². The van der Waals surface area contributed by atoms with Crippen molar-refractivity contribution < 1.29 is 4.79 Å². The van der Waals surface area contributed by atoms with Crippen LogP contribution in [0.25, 0.3) is 0 Å². The Morgan fingerprint density at radius 2 is 1.87 bits per heavy atom. The molecule has 1 heteroatoms. The van der Waals surface area contributed by atoms with E-state index in [9.17, 15) is 4.79 Å². The molecule has 78 valence electrons. The quantitative estimate of drug-likeness (QED) is 0.526. The summed E-state index contributed by atoms with van der Waals surface area (Å²) in [5.41, 5.74) is 3.52. The maximum Gasteiger partial charge on any atom is 0.169 e. The van der Waals surface area contributed by atoms with Crippen molar-refractivity contribution in [2.45, 2.75) is 26.7 Å². The smallest absolute Gasteiger partial charge is 0.169 e. The van der Waals surface area contributed by atoms with E-state index < -0.39 is 0 Å². The molecule has 15 heavy (non-hydrogen) atoms. The van der Waals surface area contributed by atoms with Gasteiger partial charge in [0.25, 0.3) is 0 Å². The molecule has 0 aliphatic heterocycles. The van der Waals surface area contributed by atoms with Crippen LogP contribution in [0.3, 0.4) is 0 Å². The number of benzene rings is 1. The lowest BCUT2D eigenvalue weighted by Crippen LogP contribution is -2.13. The first-order chi connectivity index (χ1) is 7.20. The van der Waals surface area contributed by atoms with Crippen molar-refractivity contribution in [1.29, 1.82) is 0 Å². The molecule has 1 unspecified atom stereocenters. The molecule has 0 fully saturated rings. The van der Waals surface area contributed by atoms with Crippen LogP contribution < -0.4 is 0 Å². The Bertz CT molecular complexity index is 401. The van der Waals surface area contributed by atoms with Crippen LogP contribution >= 0.6 is 0 Å². The molecule has 0 radical (unpaired) electrons. The highest BCUT2D eigenvalue weighted by molar-refractivity contribution is 5.99. The lowest BCUT2D eigenvalue weighted by Gasteiger charge is -2.10. The third-order valence-electron chi connectivity index (χ3n) is 3.38. The number of Topliss-reactive ketones (excluding diaryl/α,β-unsaturated/α-hetero) is 1. The van der Waals surface area contributed by atoms with Gasteiger partial charge < -0.3 is 0 Å². The summed E-state index contributed by atoms with van der Waals surface area (Å²) in [5.74, 6) is 0.414. The van der Waals surface area contributed by atoms with Crippen molar-refractivity contribution in [3.05, 3.63) is 47.0 Å². The maximum atomic E-state index is 12.2. The molecule has 1 aromatic carbocycles. The van der Waals surface area contributed by atoms with Crippen LogP contribution in [-0.4, -0.2) is 5.78 Å². The van der Waals surface area contributed by atoms with E-state index in [4.69, 9.17) is 0 Å². The number of carbonyl (C=O) groups is 1. The second-order valence-corrected chi connectivity index (χ2v) is 4.28. The summed E-state index contributed by atoms with van der Waals surface area (Å²) in [6.07, 6.45) is 2.07. The molecule has 2 rings (SSSR count). The predicted molar refractivity (Wildman–Crippen MR) is 61.9 cm³/mol. The van der Waals surface area contributed by atoms with Gasteiger partial charge in [-0.2, -0.15) is 0 Å². The van der Waals surface area contributed by atoms with E-state index in [2.05, 4.69) is 13.8 Å². The lowest BCUT2D eigenvalue weighted by atomic mass is 9.92. The maximum absolute atomic E-state index is 12.2. The summed E-state index contributed by atoms with van der Waals surface area (Å²) in [5, 5.41) is 0. The second kappa shape index (κ2) is 4.01. The topological polar surface area (TPSA) is 17.1 Å². The number of hydrogen-bond donors (Lipinski definition) is 0. The molecule has 1 atom stereocenters. The molecule has 0 aromatic heterocycles. The third kappa shape index (κ3) is 1.87. The fraction of sp³-hybridized carbons (Fsp3) is 0.357. The first-order valence-corrected chi connectivity index (χ1v) is 5.45. The van der Waals surface area contributed by atoms with E-state index in [1.165, 1.54) is 11.1 Å². The monoisotopic (exact) mass is 200 g/mol. The Balaban J connectivity index is 2.24. The van der Waals surface area contributed by atoms with Crippen LogP contribution in [0.5, 0.6) is 0 Å². The number of ketones is 1. The molecule has 1 aliphatic rings. The number of carbonyl (C=O) groups excluding carboxylic acids is 1. The average molecular weight is 200 g/mol. The van der Waals surface area contributed by atoms with E-state index in [1.807, 2.05) is 30.3 Å². The second-order valence-electron chi connectivity index (χ2n) is 4.28. The van der Waals surface area contributed by atoms with Gasteiger partial charge in [0.15, 0.2) is 5.78 Å². The van der Waals surface area contributed by atoms with Crippen molar-refractivity contribution in [1.82, 2.24) is 0 Å². The molecule has 0 saturated carbocycles. The fourth-order valence-electron chi connectivity index (χ4n) is 2.20. The molecule has 0 N–H and O–H groups in total. The summed E-state index contributed by atoms with van der Waals surface area (Å²) in [6, 6.07) is 9.61. The molecule has 1 aromatic rings. The first-order valence-electron chi connectivity index (χ1n) is 5.45. The Morgan fingerprint density at radius 3 is 2.40 bits per heavy atom. The van der Waals surface area contributed by atoms with E-state index in [0.717, 1.165) is 18.4 Å². The number of rotatable bonds is 2. The first kappa shape index (κ1) is 10.2. The van der Waals surface area contributed by atoms with Crippen LogP contribution in [0, 0.1) is 5.92 Å². The zero-order valence-corrected chi connectivity index (χ0v) is 9.29. The zero-order chi connectivity index (χ0) is 10.8. The largest absolute Gasteiger partial charge is 0.294 e. The van der Waals surface area contributed by atoms with Gasteiger partial charge >= 0.3 is 0 Å². The standard InChI is InChI=1S/C14H16O/c1-10-8-9-13(11(10)2)14(15)12-6-4-3-5-7-12/h3-7,13H,8-9H2,1-2H3. The number of allylic oxidation sites excluding steroid dienone is 2. The summed E-state index contributed by atoms with van der Waals surface area (Å²) < 4.78 is 0. The summed E-state index contributed by atoms with van der Waals surface area (Å²) >= 11 is 0. The van der Waals surface area contributed by atoms with Crippen molar-refractivity contribution >= 4 is 5.78 Å². The molecule has 0 spiro atoms. The van der Waals surface area contributed by atoms with Crippen molar-refractivity contribution in [3.8, 4) is 0 Å². The highest BCUT2D eigenvalue weighted by atomic mass is 16.1. The Morgan fingerprint density at radius 1 is 1.20 bits per heavy atom. The minimum Gasteiger partial charge on any atom is -0.294 e. The van der Waals surface area contributed by atoms with Gasteiger partial charge in [-0.3, -0.25) is 4.79 Å². The Hall–Kier alpha value is -1.37. The summed E-state index contributed by atoms with van der Waals surface area (Å²) in [4.78, 5) is 12.2. The normalized spacial score (nSPS) is 20.8. The Kier molecular flexibility index (Phi) is 2.72. The molecule has 0 amide bonds. The van der Waals surface area contributed by atoms with Crippen LogP contribution in [0.4, 0.5) is 0 Å². The minimum absolute atomic E-state index is 0.132. The van der Waals surface area contributed by atoms with Gasteiger partial charge in [0, 0.05) is 11.5 Å². The zero-order valence-electron chi connectivity index (χ0n) is 9.29. The molecule has 0 saturated heterocycles. The minimum atomic E-state index is 0.132. The van der Waals surface area contributed by atoms with Crippen LogP contribution in [0.2, 0.25) is 0 Å². The molecular weight excluding hydrogens is 184 g/mol. The summed E-state index contributed by atoms with van der Waals surface area (Å²) in [6.45, 7) is 4.22. The highest BCUT2D eigenvalue weighted by Gasteiger charge is 2.26. The van der Waals surface area contributed by atoms with E-state index in [-0.39, 0.29) is 11.7 Å². The fourth-order valence-corrected chi connectivity index (χ4v) is 2.20. The predicted octanol–water partition coefficient (Wildman–Crippen LogP) is 3.62. The van der Waals surface area contributed by atoms with Gasteiger partial charge in [-0.15, -0.1) is 0 Å². The number of hydrogen-bond acceptors (Lipinski definition) is 1. The van der Waals surface area contributed by atoms with Gasteiger partial charge in [0.1, 0.15) is 0 Å². The summed E-state index contributed by atoms with van der Waals surface area (Å²) in [7, 11) is 0. The van der Waals surface area contributed by atoms with Crippen LogP contribution in [-0.2, 0) is 0 Å². The molecular formula is C14H16O. The van der Waals surface area contributed by atoms with E-state index in [1.54, 1.807) is 0 Å².